The Hall–Kier alpha value is -5.01. The number of hydrogen-bond donors (Lipinski definition) is 2. The Labute approximate surface area is 264 Å². The lowest BCUT2D eigenvalue weighted by atomic mass is 10.2. The van der Waals surface area contributed by atoms with Crippen molar-refractivity contribution in [2.75, 3.05) is 69.2 Å². The number of anilines is 3. The standard InChI is InChI=1S/C32H32N4O8S/c1-41-25-6-4-3-5-24(25)34-30(38)20-44-26-12-7-21(17-27(26)42-2)18-28-31(39)36(32(40)45-28)19-29(37)33-22-8-10-23(11-9-22)35-13-15-43-16-14-35/h3-12,17-18H,13-16,19-20H2,1-2H3,(H,33,37)(H,34,38)/b28-18-. The van der Waals surface area contributed by atoms with Gasteiger partial charge in [-0.15, -0.1) is 0 Å². The number of morpholine rings is 1. The Morgan fingerprint density at radius 3 is 2.36 bits per heavy atom. The highest BCUT2D eigenvalue weighted by atomic mass is 32.2. The van der Waals surface area contributed by atoms with Crippen molar-refractivity contribution in [2.45, 2.75) is 0 Å². The minimum atomic E-state index is -0.574. The summed E-state index contributed by atoms with van der Waals surface area (Å²) < 4.78 is 21.7. The molecule has 0 aromatic heterocycles. The number of thioether (sulfide) groups is 1. The van der Waals surface area contributed by atoms with Crippen LogP contribution in [0.1, 0.15) is 5.56 Å². The predicted octanol–water partition coefficient (Wildman–Crippen LogP) is 4.23. The lowest BCUT2D eigenvalue weighted by Crippen LogP contribution is -2.36. The van der Waals surface area contributed by atoms with Gasteiger partial charge in [0, 0.05) is 24.5 Å². The number of para-hydroxylation sites is 2. The molecule has 0 spiro atoms. The number of hydrogen-bond acceptors (Lipinski definition) is 10. The molecule has 2 heterocycles. The minimum absolute atomic E-state index is 0.162. The molecule has 234 valence electrons. The lowest BCUT2D eigenvalue weighted by molar-refractivity contribution is -0.127. The van der Waals surface area contributed by atoms with Crippen molar-refractivity contribution < 1.29 is 38.1 Å². The molecule has 2 aliphatic heterocycles. The smallest absolute Gasteiger partial charge is 0.294 e. The van der Waals surface area contributed by atoms with Gasteiger partial charge in [0.15, 0.2) is 18.1 Å². The number of imide groups is 1. The van der Waals surface area contributed by atoms with Gasteiger partial charge in [-0.1, -0.05) is 18.2 Å². The average Bonchev–Trinajstić information content (AvgIpc) is 3.32. The van der Waals surface area contributed by atoms with Gasteiger partial charge in [0.05, 0.1) is 38.0 Å². The van der Waals surface area contributed by atoms with E-state index in [1.54, 1.807) is 54.6 Å². The number of methoxy groups -OCH3 is 2. The van der Waals surface area contributed by atoms with Crippen LogP contribution in [0.15, 0.2) is 71.6 Å². The Morgan fingerprint density at radius 1 is 0.889 bits per heavy atom. The molecule has 3 aromatic carbocycles. The van der Waals surface area contributed by atoms with Crippen LogP contribution >= 0.6 is 11.8 Å². The largest absolute Gasteiger partial charge is 0.495 e. The van der Waals surface area contributed by atoms with E-state index < -0.39 is 29.5 Å². The van der Waals surface area contributed by atoms with E-state index in [0.717, 1.165) is 35.4 Å². The van der Waals surface area contributed by atoms with Gasteiger partial charge in [-0.25, -0.2) is 0 Å². The van der Waals surface area contributed by atoms with E-state index in [9.17, 15) is 19.2 Å². The zero-order valence-corrected chi connectivity index (χ0v) is 25.6. The summed E-state index contributed by atoms with van der Waals surface area (Å²) in [5, 5.41) is 4.93. The van der Waals surface area contributed by atoms with Gasteiger partial charge < -0.3 is 34.5 Å². The van der Waals surface area contributed by atoms with Crippen molar-refractivity contribution in [3.63, 3.8) is 0 Å². The van der Waals surface area contributed by atoms with Crippen LogP contribution in [-0.2, 0) is 19.1 Å². The molecule has 0 unspecified atom stereocenters. The molecular weight excluding hydrogens is 600 g/mol. The van der Waals surface area contributed by atoms with Gasteiger partial charge in [0.25, 0.3) is 17.1 Å². The van der Waals surface area contributed by atoms with Crippen LogP contribution in [0.25, 0.3) is 6.08 Å². The molecule has 0 saturated carbocycles. The van der Waals surface area contributed by atoms with Crippen LogP contribution in [0.3, 0.4) is 0 Å². The van der Waals surface area contributed by atoms with Gasteiger partial charge in [0.2, 0.25) is 5.91 Å². The number of nitrogens with one attached hydrogen (secondary N) is 2. The molecule has 5 rings (SSSR count). The Morgan fingerprint density at radius 2 is 1.62 bits per heavy atom. The second kappa shape index (κ2) is 14.6. The summed E-state index contributed by atoms with van der Waals surface area (Å²) in [5.41, 5.74) is 2.66. The summed E-state index contributed by atoms with van der Waals surface area (Å²) in [6, 6.07) is 19.3. The summed E-state index contributed by atoms with van der Waals surface area (Å²) >= 11 is 0.746. The first-order chi connectivity index (χ1) is 21.8. The first kappa shape index (κ1) is 31.4. The molecule has 0 atom stereocenters. The maximum absolute atomic E-state index is 13.0. The van der Waals surface area contributed by atoms with Crippen molar-refractivity contribution in [2.24, 2.45) is 0 Å². The fourth-order valence-electron chi connectivity index (χ4n) is 4.68. The van der Waals surface area contributed by atoms with Crippen molar-refractivity contribution in [3.05, 3.63) is 77.2 Å². The van der Waals surface area contributed by atoms with Crippen LogP contribution in [0.4, 0.5) is 21.9 Å². The Balaban J connectivity index is 1.16. The number of rotatable bonds is 11. The van der Waals surface area contributed by atoms with Crippen molar-refractivity contribution in [1.29, 1.82) is 0 Å². The van der Waals surface area contributed by atoms with Gasteiger partial charge in [-0.3, -0.25) is 24.1 Å². The molecule has 3 aromatic rings. The molecule has 45 heavy (non-hydrogen) atoms. The molecule has 2 aliphatic rings. The van der Waals surface area contributed by atoms with Crippen molar-refractivity contribution in [3.8, 4) is 17.2 Å². The zero-order chi connectivity index (χ0) is 31.8. The normalized spacial score (nSPS) is 15.6. The first-order valence-electron chi connectivity index (χ1n) is 14.1. The second-order valence-corrected chi connectivity index (χ2v) is 10.9. The molecule has 2 fully saturated rings. The van der Waals surface area contributed by atoms with E-state index in [1.807, 2.05) is 12.1 Å². The maximum Gasteiger partial charge on any atom is 0.294 e. The van der Waals surface area contributed by atoms with E-state index in [2.05, 4.69) is 15.5 Å². The maximum atomic E-state index is 13.0. The van der Waals surface area contributed by atoms with Gasteiger partial charge in [-0.2, -0.15) is 0 Å². The van der Waals surface area contributed by atoms with E-state index >= 15 is 0 Å². The molecule has 0 aliphatic carbocycles. The topological polar surface area (TPSA) is 136 Å². The number of carbonyl (C=O) groups is 4. The fraction of sp³-hybridized carbons (Fsp3) is 0.250. The SMILES string of the molecule is COc1ccccc1NC(=O)COc1ccc(/C=C2\SC(=O)N(CC(=O)Nc3ccc(N4CCOCC4)cc3)C2=O)cc1OC. The van der Waals surface area contributed by atoms with Crippen LogP contribution in [0, 0.1) is 0 Å². The van der Waals surface area contributed by atoms with E-state index in [-0.39, 0.29) is 11.5 Å². The molecule has 12 nitrogen and oxygen atoms in total. The third-order valence-electron chi connectivity index (χ3n) is 6.93. The minimum Gasteiger partial charge on any atom is -0.495 e. The predicted molar refractivity (Wildman–Crippen MR) is 171 cm³/mol. The summed E-state index contributed by atoms with van der Waals surface area (Å²) in [5.74, 6) is -0.300. The number of carbonyl (C=O) groups excluding carboxylic acids is 4. The van der Waals surface area contributed by atoms with Gasteiger partial charge in [-0.05, 0) is 71.9 Å². The van der Waals surface area contributed by atoms with E-state index in [1.165, 1.54) is 20.3 Å². The van der Waals surface area contributed by atoms with Crippen molar-refractivity contribution in [1.82, 2.24) is 4.90 Å². The Bertz CT molecular complexity index is 1600. The highest BCUT2D eigenvalue weighted by Gasteiger charge is 2.36. The summed E-state index contributed by atoms with van der Waals surface area (Å²) in [7, 11) is 2.96. The van der Waals surface area contributed by atoms with Gasteiger partial charge >= 0.3 is 0 Å². The summed E-state index contributed by atoms with van der Waals surface area (Å²) in [6.45, 7) is 2.24. The molecule has 13 heteroatoms. The lowest BCUT2D eigenvalue weighted by Gasteiger charge is -2.28. The van der Waals surface area contributed by atoms with E-state index in [4.69, 9.17) is 18.9 Å². The number of benzene rings is 3. The summed E-state index contributed by atoms with van der Waals surface area (Å²) in [6.07, 6.45) is 1.54. The van der Waals surface area contributed by atoms with E-state index in [0.29, 0.717) is 47.4 Å². The zero-order valence-electron chi connectivity index (χ0n) is 24.7. The van der Waals surface area contributed by atoms with Gasteiger partial charge in [0.1, 0.15) is 12.3 Å². The molecule has 0 bridgehead atoms. The molecule has 2 saturated heterocycles. The fourth-order valence-corrected chi connectivity index (χ4v) is 5.52. The average molecular weight is 633 g/mol. The monoisotopic (exact) mass is 632 g/mol. The van der Waals surface area contributed by atoms with Crippen LogP contribution in [0.2, 0.25) is 0 Å². The highest BCUT2D eigenvalue weighted by Crippen LogP contribution is 2.35. The molecule has 2 N–H and O–H groups in total. The number of ether oxygens (including phenoxy) is 4. The first-order valence-corrected chi connectivity index (χ1v) is 14.9. The quantitative estimate of drug-likeness (QED) is 0.296. The number of nitrogens with zero attached hydrogens (tertiary/aromatic N) is 2. The van der Waals surface area contributed by atoms with Crippen LogP contribution in [-0.4, -0.2) is 81.5 Å². The molecular formula is C32H32N4O8S. The summed E-state index contributed by atoms with van der Waals surface area (Å²) in [4.78, 5) is 54.1. The second-order valence-electron chi connectivity index (χ2n) is 9.91. The number of amides is 4. The Kier molecular flexibility index (Phi) is 10.2. The molecule has 0 radical (unpaired) electrons. The van der Waals surface area contributed by atoms with Crippen LogP contribution < -0.4 is 29.7 Å². The highest BCUT2D eigenvalue weighted by molar-refractivity contribution is 8.18. The van der Waals surface area contributed by atoms with Crippen LogP contribution in [0.5, 0.6) is 17.2 Å². The third kappa shape index (κ3) is 7.94. The van der Waals surface area contributed by atoms with Crippen molar-refractivity contribution >= 4 is 57.9 Å². The molecule has 4 amide bonds. The third-order valence-corrected chi connectivity index (χ3v) is 7.84.